The van der Waals surface area contributed by atoms with Gasteiger partial charge in [-0.2, -0.15) is 13.2 Å². The van der Waals surface area contributed by atoms with Gasteiger partial charge in [0.05, 0.1) is 36.8 Å². The monoisotopic (exact) mass is 516 g/mol. The van der Waals surface area contributed by atoms with Crippen LogP contribution in [0.3, 0.4) is 0 Å². The molecule has 1 aliphatic heterocycles. The molecule has 1 saturated heterocycles. The Balaban J connectivity index is 1.62. The number of halogens is 3. The first kappa shape index (κ1) is 26.4. The number of carbonyl (C=O) groups excluding carboxylic acids is 1. The minimum atomic E-state index is -4.55. The molecule has 1 amide bonds. The Morgan fingerprint density at radius 3 is 2.65 bits per heavy atom. The van der Waals surface area contributed by atoms with E-state index in [-0.39, 0.29) is 12.2 Å². The van der Waals surface area contributed by atoms with Crippen LogP contribution in [0.5, 0.6) is 5.88 Å². The van der Waals surface area contributed by atoms with Crippen molar-refractivity contribution in [2.45, 2.75) is 26.1 Å². The molecule has 4 rings (SSSR count). The highest BCUT2D eigenvalue weighted by Gasteiger charge is 2.31. The summed E-state index contributed by atoms with van der Waals surface area (Å²) in [7, 11) is 0. The first-order valence-electron chi connectivity index (χ1n) is 11.7. The van der Waals surface area contributed by atoms with Crippen LogP contribution in [-0.2, 0) is 10.9 Å². The number of amides is 1. The van der Waals surface area contributed by atoms with Gasteiger partial charge in [-0.25, -0.2) is 4.98 Å². The molecule has 2 N–H and O–H groups in total. The molecule has 0 bridgehead atoms. The fraction of sp³-hybridized carbons (Fsp3) is 0.346. The van der Waals surface area contributed by atoms with Crippen molar-refractivity contribution >= 4 is 17.3 Å². The van der Waals surface area contributed by atoms with Crippen molar-refractivity contribution in [3.63, 3.8) is 0 Å². The zero-order chi connectivity index (χ0) is 26.6. The highest BCUT2D eigenvalue weighted by atomic mass is 19.4. The zero-order valence-electron chi connectivity index (χ0n) is 20.4. The van der Waals surface area contributed by atoms with Gasteiger partial charge in [-0.05, 0) is 44.2 Å². The molecule has 0 radical (unpaired) electrons. The summed E-state index contributed by atoms with van der Waals surface area (Å²) in [6.07, 6.45) is -2.15. The molecular formula is C26H27F3N4O4. The number of rotatable bonds is 7. The third kappa shape index (κ3) is 6.55. The van der Waals surface area contributed by atoms with E-state index in [1.165, 1.54) is 18.3 Å². The topological polar surface area (TPSA) is 96.8 Å². The van der Waals surface area contributed by atoms with Gasteiger partial charge in [-0.15, -0.1) is 0 Å². The van der Waals surface area contributed by atoms with Crippen LogP contribution in [0.2, 0.25) is 0 Å². The van der Waals surface area contributed by atoms with Crippen molar-refractivity contribution in [2.24, 2.45) is 0 Å². The standard InChI is InChI=1S/C26H27F3N4O4/c1-16(34)15-37-25-23(33-6-8-36-9-7-33)11-19(13-31-25)22-12-21(14-30-17(22)2)32-24(35)18-4-3-5-20(10-18)26(27,28)29/h3-5,10-14,16,34H,6-9,15H2,1-2H3,(H,32,35). The molecule has 1 unspecified atom stereocenters. The molecule has 1 aromatic carbocycles. The van der Waals surface area contributed by atoms with E-state index >= 15 is 0 Å². The van der Waals surface area contributed by atoms with Gasteiger partial charge in [-0.1, -0.05) is 6.07 Å². The molecular weight excluding hydrogens is 489 g/mol. The number of anilines is 2. The lowest BCUT2D eigenvalue weighted by molar-refractivity contribution is -0.137. The molecule has 0 aliphatic carbocycles. The largest absolute Gasteiger partial charge is 0.473 e. The predicted octanol–water partition coefficient (Wildman–Crippen LogP) is 4.32. The van der Waals surface area contributed by atoms with Crippen molar-refractivity contribution in [3.05, 3.63) is 65.6 Å². The lowest BCUT2D eigenvalue weighted by Gasteiger charge is -2.30. The van der Waals surface area contributed by atoms with Gasteiger partial charge in [0.25, 0.3) is 5.91 Å². The summed E-state index contributed by atoms with van der Waals surface area (Å²) in [5, 5.41) is 12.3. The number of nitrogens with one attached hydrogen (secondary N) is 1. The Kier molecular flexibility index (Phi) is 7.94. The molecule has 11 heteroatoms. The highest BCUT2D eigenvalue weighted by Crippen LogP contribution is 2.34. The number of aryl methyl sites for hydroxylation is 1. The minimum Gasteiger partial charge on any atom is -0.473 e. The zero-order valence-corrected chi connectivity index (χ0v) is 20.4. The second-order valence-electron chi connectivity index (χ2n) is 8.70. The number of hydrogen-bond donors (Lipinski definition) is 2. The smallest absolute Gasteiger partial charge is 0.416 e. The summed E-state index contributed by atoms with van der Waals surface area (Å²) in [5.41, 5.74) is 2.11. The number of alkyl halides is 3. The van der Waals surface area contributed by atoms with E-state index in [1.807, 2.05) is 6.07 Å². The van der Waals surface area contributed by atoms with Crippen molar-refractivity contribution in [2.75, 3.05) is 43.1 Å². The molecule has 0 saturated carbocycles. The number of aliphatic hydroxyl groups excluding tert-OH is 1. The molecule has 1 aliphatic rings. The molecule has 2 aromatic heterocycles. The SMILES string of the molecule is Cc1ncc(NC(=O)c2cccc(C(F)(F)F)c2)cc1-c1cnc(OCC(C)O)c(N2CCOCC2)c1. The fourth-order valence-electron chi connectivity index (χ4n) is 3.86. The van der Waals surface area contributed by atoms with Crippen LogP contribution < -0.4 is 15.0 Å². The molecule has 0 spiro atoms. The van der Waals surface area contributed by atoms with E-state index in [0.29, 0.717) is 54.7 Å². The summed E-state index contributed by atoms with van der Waals surface area (Å²) >= 11 is 0. The number of aliphatic hydroxyl groups is 1. The van der Waals surface area contributed by atoms with Crippen LogP contribution in [0.15, 0.2) is 48.8 Å². The van der Waals surface area contributed by atoms with E-state index in [4.69, 9.17) is 9.47 Å². The van der Waals surface area contributed by atoms with Crippen LogP contribution in [0.4, 0.5) is 24.5 Å². The molecule has 8 nitrogen and oxygen atoms in total. The van der Waals surface area contributed by atoms with Crippen molar-refractivity contribution < 1.29 is 32.5 Å². The lowest BCUT2D eigenvalue weighted by atomic mass is 10.0. The molecule has 196 valence electrons. The number of pyridine rings is 2. The quantitative estimate of drug-likeness (QED) is 0.483. The Bertz CT molecular complexity index is 1260. The number of carbonyl (C=O) groups is 1. The number of morpholine rings is 1. The van der Waals surface area contributed by atoms with Crippen LogP contribution in [0.1, 0.15) is 28.5 Å². The second-order valence-corrected chi connectivity index (χ2v) is 8.70. The van der Waals surface area contributed by atoms with Crippen LogP contribution >= 0.6 is 0 Å². The van der Waals surface area contributed by atoms with Crippen LogP contribution in [0, 0.1) is 6.92 Å². The maximum absolute atomic E-state index is 13.0. The van der Waals surface area contributed by atoms with Gasteiger partial charge in [0.1, 0.15) is 12.3 Å². The normalized spacial score (nSPS) is 14.8. The summed E-state index contributed by atoms with van der Waals surface area (Å²) in [4.78, 5) is 23.6. The molecule has 3 heterocycles. The number of aromatic nitrogens is 2. The van der Waals surface area contributed by atoms with Gasteiger partial charge < -0.3 is 24.8 Å². The fourth-order valence-corrected chi connectivity index (χ4v) is 3.86. The van der Waals surface area contributed by atoms with E-state index < -0.39 is 23.8 Å². The summed E-state index contributed by atoms with van der Waals surface area (Å²) < 4.78 is 50.3. The summed E-state index contributed by atoms with van der Waals surface area (Å²) in [5.74, 6) is -0.303. The van der Waals surface area contributed by atoms with Crippen LogP contribution in [0.25, 0.3) is 11.1 Å². The van der Waals surface area contributed by atoms with Gasteiger partial charge in [0.15, 0.2) is 0 Å². The van der Waals surface area contributed by atoms with Gasteiger partial charge >= 0.3 is 6.18 Å². The van der Waals surface area contributed by atoms with Crippen molar-refractivity contribution in [3.8, 4) is 17.0 Å². The average molecular weight is 517 g/mol. The molecule has 1 atom stereocenters. The number of hydrogen-bond acceptors (Lipinski definition) is 7. The van der Waals surface area contributed by atoms with E-state index in [0.717, 1.165) is 17.8 Å². The van der Waals surface area contributed by atoms with Gasteiger partial charge in [-0.3, -0.25) is 9.78 Å². The number of nitrogens with zero attached hydrogens (tertiary/aromatic N) is 3. The maximum atomic E-state index is 13.0. The predicted molar refractivity (Wildman–Crippen MR) is 132 cm³/mol. The third-order valence-electron chi connectivity index (χ3n) is 5.75. The van der Waals surface area contributed by atoms with E-state index in [9.17, 15) is 23.1 Å². The van der Waals surface area contributed by atoms with Crippen molar-refractivity contribution in [1.82, 2.24) is 9.97 Å². The Hall–Kier alpha value is -3.70. The molecule has 1 fully saturated rings. The first-order valence-corrected chi connectivity index (χ1v) is 11.7. The highest BCUT2D eigenvalue weighted by molar-refractivity contribution is 6.04. The van der Waals surface area contributed by atoms with Crippen LogP contribution in [-0.4, -0.2) is 60.0 Å². The average Bonchev–Trinajstić information content (AvgIpc) is 2.88. The van der Waals surface area contributed by atoms with E-state index in [1.54, 1.807) is 26.1 Å². The summed E-state index contributed by atoms with van der Waals surface area (Å²) in [6.45, 7) is 5.90. The van der Waals surface area contributed by atoms with Crippen molar-refractivity contribution in [1.29, 1.82) is 0 Å². The Morgan fingerprint density at radius 1 is 1.19 bits per heavy atom. The Labute approximate surface area is 212 Å². The molecule has 37 heavy (non-hydrogen) atoms. The van der Waals surface area contributed by atoms with Gasteiger partial charge in [0, 0.05) is 41.7 Å². The first-order chi connectivity index (χ1) is 17.6. The third-order valence-corrected chi connectivity index (χ3v) is 5.75. The van der Waals surface area contributed by atoms with Gasteiger partial charge in [0.2, 0.25) is 5.88 Å². The lowest BCUT2D eigenvalue weighted by Crippen LogP contribution is -2.36. The maximum Gasteiger partial charge on any atom is 0.416 e. The summed E-state index contributed by atoms with van der Waals surface area (Å²) in [6, 6.07) is 7.83. The Morgan fingerprint density at radius 2 is 1.95 bits per heavy atom. The number of ether oxygens (including phenoxy) is 2. The molecule has 3 aromatic rings. The van der Waals surface area contributed by atoms with E-state index in [2.05, 4.69) is 20.2 Å². The number of benzene rings is 1. The minimum absolute atomic E-state index is 0.0846. The second kappa shape index (κ2) is 11.1.